The van der Waals surface area contributed by atoms with Crippen molar-refractivity contribution in [3.05, 3.63) is 61.3 Å². The first-order chi connectivity index (χ1) is 11.3. The van der Waals surface area contributed by atoms with Crippen LogP contribution in [0.1, 0.15) is 18.8 Å². The Labute approximate surface area is 132 Å². The topological polar surface area (TPSA) is 88.1 Å². The maximum Gasteiger partial charge on any atom is 0.147 e. The molecule has 1 aromatic carbocycles. The van der Waals surface area contributed by atoms with Gasteiger partial charge < -0.3 is 9.55 Å². The van der Waals surface area contributed by atoms with Crippen molar-refractivity contribution in [3.63, 3.8) is 0 Å². The van der Waals surface area contributed by atoms with Crippen LogP contribution in [0.25, 0.3) is 22.6 Å². The van der Waals surface area contributed by atoms with Crippen LogP contribution in [0, 0.1) is 0 Å². The Hall–Kier alpha value is -3.22. The van der Waals surface area contributed by atoms with Crippen LogP contribution in [0.4, 0.5) is 0 Å². The molecule has 3 heterocycles. The summed E-state index contributed by atoms with van der Waals surface area (Å²) >= 11 is 0. The van der Waals surface area contributed by atoms with E-state index in [1.807, 2.05) is 36.7 Å². The highest BCUT2D eigenvalue weighted by atomic mass is 15.2. The lowest BCUT2D eigenvalue weighted by Crippen LogP contribution is -2.09. The molecule has 0 aliphatic carbocycles. The smallest absolute Gasteiger partial charge is 0.147 e. The highest BCUT2D eigenvalue weighted by Gasteiger charge is 2.21. The zero-order valence-corrected chi connectivity index (χ0v) is 12.5. The molecule has 0 radical (unpaired) electrons. The van der Waals surface area contributed by atoms with Crippen molar-refractivity contribution < 1.29 is 0 Å². The molecule has 0 saturated carbocycles. The van der Waals surface area contributed by atoms with Gasteiger partial charge in [0.15, 0.2) is 0 Å². The molecule has 7 nitrogen and oxygen atoms in total. The van der Waals surface area contributed by atoms with Crippen LogP contribution in [0.15, 0.2) is 55.5 Å². The fourth-order valence-corrected chi connectivity index (χ4v) is 2.66. The molecule has 23 heavy (non-hydrogen) atoms. The Morgan fingerprint density at radius 2 is 2.00 bits per heavy atom. The molecule has 0 aliphatic heterocycles. The van der Waals surface area contributed by atoms with Gasteiger partial charge in [-0.1, -0.05) is 30.3 Å². The van der Waals surface area contributed by atoms with E-state index in [1.54, 1.807) is 12.5 Å². The molecule has 1 atom stereocenters. The fourth-order valence-electron chi connectivity index (χ4n) is 2.66. The third-order valence-corrected chi connectivity index (χ3v) is 3.84. The quantitative estimate of drug-likeness (QED) is 0.606. The van der Waals surface area contributed by atoms with Gasteiger partial charge in [0, 0.05) is 5.56 Å². The van der Waals surface area contributed by atoms with E-state index in [1.165, 1.54) is 6.33 Å². The number of rotatable bonds is 4. The van der Waals surface area contributed by atoms with Crippen LogP contribution in [0.3, 0.4) is 0 Å². The predicted octanol–water partition coefficient (Wildman–Crippen LogP) is 2.67. The minimum absolute atomic E-state index is 0.0271. The van der Waals surface area contributed by atoms with Crippen LogP contribution in [-0.2, 0) is 0 Å². The largest absolute Gasteiger partial charge is 0.343 e. The molecule has 4 aromatic rings. The average Bonchev–Trinajstić information content (AvgIpc) is 3.34. The first-order valence-corrected chi connectivity index (χ1v) is 7.31. The zero-order valence-electron chi connectivity index (χ0n) is 12.5. The molecule has 0 spiro atoms. The number of hydrogen-bond donors (Lipinski definition) is 2. The van der Waals surface area contributed by atoms with Crippen molar-refractivity contribution in [2.75, 3.05) is 0 Å². The Morgan fingerprint density at radius 3 is 2.70 bits per heavy atom. The minimum atomic E-state index is -0.0271. The molecule has 4 rings (SSSR count). The lowest BCUT2D eigenvalue weighted by Gasteiger charge is -2.14. The molecule has 1 unspecified atom stereocenters. The summed E-state index contributed by atoms with van der Waals surface area (Å²) < 4.78 is 2.07. The average molecular weight is 305 g/mol. The number of nitrogens with one attached hydrogen (secondary N) is 2. The monoisotopic (exact) mass is 305 g/mol. The number of benzene rings is 1. The summed E-state index contributed by atoms with van der Waals surface area (Å²) in [6.45, 7) is 2.05. The lowest BCUT2D eigenvalue weighted by molar-refractivity contribution is 0.606. The van der Waals surface area contributed by atoms with E-state index in [0.29, 0.717) is 0 Å². The van der Waals surface area contributed by atoms with Gasteiger partial charge in [0.05, 0.1) is 42.0 Å². The second-order valence-corrected chi connectivity index (χ2v) is 5.23. The second kappa shape index (κ2) is 5.53. The molecule has 0 fully saturated rings. The summed E-state index contributed by atoms with van der Waals surface area (Å²) in [6.07, 6.45) is 6.80. The van der Waals surface area contributed by atoms with Gasteiger partial charge in [-0.2, -0.15) is 5.10 Å². The van der Waals surface area contributed by atoms with Gasteiger partial charge in [-0.25, -0.2) is 15.0 Å². The van der Waals surface area contributed by atoms with E-state index in [-0.39, 0.29) is 6.04 Å². The van der Waals surface area contributed by atoms with Crippen LogP contribution >= 0.6 is 0 Å². The van der Waals surface area contributed by atoms with Crippen LogP contribution in [-0.4, -0.2) is 34.7 Å². The molecule has 2 N–H and O–H groups in total. The molecule has 3 aromatic heterocycles. The standard InChI is InChI=1S/C16H15N7/c1-11(16-19-9-21-22-16)23-10-20-14(12-5-3-2-4-6-12)15(23)13-7-17-8-18-13/h2-11H,1H3,(H,17,18)(H,19,21,22). The predicted molar refractivity (Wildman–Crippen MR) is 85.4 cm³/mol. The van der Waals surface area contributed by atoms with Gasteiger partial charge in [-0.3, -0.25) is 5.10 Å². The second-order valence-electron chi connectivity index (χ2n) is 5.23. The highest BCUT2D eigenvalue weighted by Crippen LogP contribution is 2.32. The molecular weight excluding hydrogens is 290 g/mol. The van der Waals surface area contributed by atoms with E-state index in [0.717, 1.165) is 28.5 Å². The summed E-state index contributed by atoms with van der Waals surface area (Å²) in [5.41, 5.74) is 3.84. The number of hydrogen-bond acceptors (Lipinski definition) is 4. The molecule has 114 valence electrons. The van der Waals surface area contributed by atoms with Crippen molar-refractivity contribution in [1.29, 1.82) is 0 Å². The van der Waals surface area contributed by atoms with E-state index in [4.69, 9.17) is 0 Å². The number of aromatic amines is 2. The molecule has 0 aliphatic rings. The van der Waals surface area contributed by atoms with Gasteiger partial charge in [-0.05, 0) is 6.92 Å². The summed E-state index contributed by atoms with van der Waals surface area (Å²) in [6, 6.07) is 10.1. The summed E-state index contributed by atoms with van der Waals surface area (Å²) in [4.78, 5) is 16.2. The van der Waals surface area contributed by atoms with Crippen LogP contribution in [0.2, 0.25) is 0 Å². The van der Waals surface area contributed by atoms with Gasteiger partial charge in [0.25, 0.3) is 0 Å². The van der Waals surface area contributed by atoms with Crippen molar-refractivity contribution >= 4 is 0 Å². The number of nitrogens with zero attached hydrogens (tertiary/aromatic N) is 5. The first kappa shape index (κ1) is 13.4. The molecule has 0 bridgehead atoms. The normalized spacial score (nSPS) is 12.4. The van der Waals surface area contributed by atoms with Crippen molar-refractivity contribution in [3.8, 4) is 22.6 Å². The number of imidazole rings is 2. The number of H-pyrrole nitrogens is 2. The molecule has 0 saturated heterocycles. The molecule has 0 amide bonds. The summed E-state index contributed by atoms with van der Waals surface area (Å²) in [7, 11) is 0. The highest BCUT2D eigenvalue weighted by molar-refractivity contribution is 5.76. The Bertz CT molecular complexity index is 876. The zero-order chi connectivity index (χ0) is 15.6. The van der Waals surface area contributed by atoms with Gasteiger partial charge in [0.2, 0.25) is 0 Å². The first-order valence-electron chi connectivity index (χ1n) is 7.31. The fraction of sp³-hybridized carbons (Fsp3) is 0.125. The van der Waals surface area contributed by atoms with Gasteiger partial charge in [0.1, 0.15) is 12.2 Å². The molecular formula is C16H15N7. The summed E-state index contributed by atoms with van der Waals surface area (Å²) in [5, 5.41) is 6.86. The van der Waals surface area contributed by atoms with E-state index in [9.17, 15) is 0 Å². The minimum Gasteiger partial charge on any atom is -0.343 e. The van der Waals surface area contributed by atoms with E-state index >= 15 is 0 Å². The Morgan fingerprint density at radius 1 is 1.13 bits per heavy atom. The molecule has 7 heteroatoms. The van der Waals surface area contributed by atoms with Crippen molar-refractivity contribution in [1.82, 2.24) is 34.7 Å². The van der Waals surface area contributed by atoms with Gasteiger partial charge in [-0.15, -0.1) is 0 Å². The van der Waals surface area contributed by atoms with E-state index < -0.39 is 0 Å². The maximum absolute atomic E-state index is 4.63. The van der Waals surface area contributed by atoms with Crippen molar-refractivity contribution in [2.45, 2.75) is 13.0 Å². The maximum atomic E-state index is 4.63. The van der Waals surface area contributed by atoms with Gasteiger partial charge >= 0.3 is 0 Å². The number of aromatic nitrogens is 7. The van der Waals surface area contributed by atoms with Crippen LogP contribution in [0.5, 0.6) is 0 Å². The van der Waals surface area contributed by atoms with Crippen LogP contribution < -0.4 is 0 Å². The third-order valence-electron chi connectivity index (χ3n) is 3.84. The Balaban J connectivity index is 1.89. The van der Waals surface area contributed by atoms with Crippen molar-refractivity contribution in [2.24, 2.45) is 0 Å². The Kier molecular flexibility index (Phi) is 3.23. The lowest BCUT2D eigenvalue weighted by atomic mass is 10.1. The summed E-state index contributed by atoms with van der Waals surface area (Å²) in [5.74, 6) is 0.780. The van der Waals surface area contributed by atoms with E-state index in [2.05, 4.69) is 41.6 Å². The third kappa shape index (κ3) is 2.32. The SMILES string of the molecule is CC(c1ncn[nH]1)n1cnc(-c2ccccc2)c1-c1cnc[nH]1.